The van der Waals surface area contributed by atoms with Gasteiger partial charge in [-0.15, -0.1) is 0 Å². The second-order valence-electron chi connectivity index (χ2n) is 7.14. The van der Waals surface area contributed by atoms with E-state index in [9.17, 15) is 0 Å². The molecule has 2 saturated heterocycles. The number of fused-ring (bicyclic) bond motifs is 1. The summed E-state index contributed by atoms with van der Waals surface area (Å²) in [4.78, 5) is 5.45. The lowest BCUT2D eigenvalue weighted by molar-refractivity contribution is 0.0486. The third-order valence-corrected chi connectivity index (χ3v) is 4.80. The highest BCUT2D eigenvalue weighted by atomic mass is 15.3. The maximum absolute atomic E-state index is 3.54. The fourth-order valence-electron chi connectivity index (χ4n) is 3.58. The topological polar surface area (TPSA) is 18.5 Å². The zero-order valence-electron chi connectivity index (χ0n) is 13.7. The van der Waals surface area contributed by atoms with Crippen molar-refractivity contribution in [2.75, 3.05) is 45.8 Å². The number of piperidine rings is 1. The van der Waals surface area contributed by atoms with Crippen molar-refractivity contribution in [1.82, 2.24) is 15.1 Å². The summed E-state index contributed by atoms with van der Waals surface area (Å²) >= 11 is 0. The van der Waals surface area contributed by atoms with Crippen LogP contribution in [0.4, 0.5) is 0 Å². The molecule has 118 valence electrons. The Balaban J connectivity index is 1.48. The molecule has 0 saturated carbocycles. The Morgan fingerprint density at radius 3 is 2.80 bits per heavy atom. The van der Waals surface area contributed by atoms with Gasteiger partial charge in [-0.2, -0.15) is 0 Å². The van der Waals surface area contributed by atoms with Crippen molar-refractivity contribution >= 4 is 0 Å². The minimum atomic E-state index is 0.779. The molecule has 2 fully saturated rings. The molecule has 0 spiro atoms. The number of piperazine rings is 1. The second kappa shape index (κ2) is 9.01. The summed E-state index contributed by atoms with van der Waals surface area (Å²) in [5, 5.41) is 3.54. The Hall–Kier alpha value is -0.120. The number of rotatable bonds is 8. The highest BCUT2D eigenvalue weighted by Gasteiger charge is 2.28. The van der Waals surface area contributed by atoms with E-state index in [-0.39, 0.29) is 0 Å². The van der Waals surface area contributed by atoms with E-state index in [1.54, 1.807) is 0 Å². The number of hydrogen-bond acceptors (Lipinski definition) is 3. The number of nitrogens with one attached hydrogen (secondary N) is 1. The Morgan fingerprint density at radius 1 is 1.05 bits per heavy atom. The second-order valence-corrected chi connectivity index (χ2v) is 7.14. The molecule has 2 rings (SSSR count). The van der Waals surface area contributed by atoms with Crippen LogP contribution in [0.5, 0.6) is 0 Å². The van der Waals surface area contributed by atoms with E-state index < -0.39 is 0 Å². The highest BCUT2D eigenvalue weighted by molar-refractivity contribution is 4.84. The molecule has 1 N–H and O–H groups in total. The van der Waals surface area contributed by atoms with E-state index in [2.05, 4.69) is 29.0 Å². The van der Waals surface area contributed by atoms with Crippen molar-refractivity contribution in [1.29, 1.82) is 0 Å². The van der Waals surface area contributed by atoms with Crippen molar-refractivity contribution < 1.29 is 0 Å². The van der Waals surface area contributed by atoms with Crippen molar-refractivity contribution in [3.63, 3.8) is 0 Å². The fourth-order valence-corrected chi connectivity index (χ4v) is 3.58. The van der Waals surface area contributed by atoms with Gasteiger partial charge in [0.25, 0.3) is 0 Å². The molecule has 0 aliphatic carbocycles. The van der Waals surface area contributed by atoms with Crippen molar-refractivity contribution in [3.8, 4) is 0 Å². The first-order valence-electron chi connectivity index (χ1n) is 8.93. The van der Waals surface area contributed by atoms with E-state index in [0.29, 0.717) is 0 Å². The molecule has 1 unspecified atom stereocenters. The molecule has 2 aliphatic heterocycles. The van der Waals surface area contributed by atoms with Crippen LogP contribution in [-0.2, 0) is 0 Å². The summed E-state index contributed by atoms with van der Waals surface area (Å²) in [7, 11) is 0. The zero-order valence-corrected chi connectivity index (χ0v) is 13.7. The van der Waals surface area contributed by atoms with Crippen molar-refractivity contribution in [3.05, 3.63) is 0 Å². The minimum absolute atomic E-state index is 0.779. The molecule has 0 aromatic heterocycles. The summed E-state index contributed by atoms with van der Waals surface area (Å²) < 4.78 is 0. The van der Waals surface area contributed by atoms with Crippen LogP contribution in [0.1, 0.15) is 52.4 Å². The molecular weight excluding hydrogens is 246 g/mol. The van der Waals surface area contributed by atoms with Gasteiger partial charge in [0.1, 0.15) is 0 Å². The Bertz CT molecular complexity index is 255. The van der Waals surface area contributed by atoms with Crippen LogP contribution in [0.15, 0.2) is 0 Å². The van der Waals surface area contributed by atoms with Gasteiger partial charge in [0.15, 0.2) is 0 Å². The Morgan fingerprint density at radius 2 is 1.95 bits per heavy atom. The molecule has 3 nitrogen and oxygen atoms in total. The maximum Gasteiger partial charge on any atom is 0.0223 e. The van der Waals surface area contributed by atoms with E-state index in [0.717, 1.165) is 12.0 Å². The molecule has 0 aromatic carbocycles. The minimum Gasteiger partial charge on any atom is -0.316 e. The van der Waals surface area contributed by atoms with Gasteiger partial charge in [0.2, 0.25) is 0 Å². The normalized spacial score (nSPS) is 25.1. The van der Waals surface area contributed by atoms with Crippen LogP contribution >= 0.6 is 0 Å². The Kier molecular flexibility index (Phi) is 7.32. The zero-order chi connectivity index (χ0) is 14.2. The molecule has 1 atom stereocenters. The summed E-state index contributed by atoms with van der Waals surface area (Å²) in [5.41, 5.74) is 0. The predicted octanol–water partition coefficient (Wildman–Crippen LogP) is 2.57. The van der Waals surface area contributed by atoms with Crippen LogP contribution in [0.25, 0.3) is 0 Å². The molecule has 0 aromatic rings. The van der Waals surface area contributed by atoms with Crippen LogP contribution in [-0.4, -0.2) is 61.7 Å². The van der Waals surface area contributed by atoms with Gasteiger partial charge >= 0.3 is 0 Å². The summed E-state index contributed by atoms with van der Waals surface area (Å²) in [6, 6.07) is 0.880. The first-order valence-corrected chi connectivity index (χ1v) is 8.93. The first kappa shape index (κ1) is 16.3. The van der Waals surface area contributed by atoms with Crippen LogP contribution in [0.2, 0.25) is 0 Å². The third-order valence-electron chi connectivity index (χ3n) is 4.80. The van der Waals surface area contributed by atoms with Gasteiger partial charge in [-0.1, -0.05) is 26.7 Å². The van der Waals surface area contributed by atoms with E-state index >= 15 is 0 Å². The van der Waals surface area contributed by atoms with Gasteiger partial charge in [-0.3, -0.25) is 4.90 Å². The number of nitrogens with zero attached hydrogens (tertiary/aromatic N) is 2. The van der Waals surface area contributed by atoms with E-state index in [4.69, 9.17) is 0 Å². The lowest BCUT2D eigenvalue weighted by Gasteiger charge is -2.44. The summed E-state index contributed by atoms with van der Waals surface area (Å²) in [6.45, 7) is 13.6. The molecular formula is C17H35N3. The number of hydrogen-bond donors (Lipinski definition) is 1. The maximum atomic E-state index is 3.54. The fraction of sp³-hybridized carbons (Fsp3) is 1.00. The smallest absolute Gasteiger partial charge is 0.0223 e. The van der Waals surface area contributed by atoms with Gasteiger partial charge in [-0.25, -0.2) is 0 Å². The first-order chi connectivity index (χ1) is 9.75. The van der Waals surface area contributed by atoms with Gasteiger partial charge in [0.05, 0.1) is 0 Å². The molecule has 0 amide bonds. The average molecular weight is 281 g/mol. The predicted molar refractivity (Wildman–Crippen MR) is 87.2 cm³/mol. The highest BCUT2D eigenvalue weighted by Crippen LogP contribution is 2.21. The lowest BCUT2D eigenvalue weighted by Crippen LogP contribution is -2.54. The molecule has 0 radical (unpaired) electrons. The summed E-state index contributed by atoms with van der Waals surface area (Å²) in [5.74, 6) is 0.779. The molecule has 2 aliphatic rings. The monoisotopic (exact) mass is 281 g/mol. The average Bonchev–Trinajstić information content (AvgIpc) is 2.46. The van der Waals surface area contributed by atoms with Gasteiger partial charge in [-0.05, 0) is 57.8 Å². The van der Waals surface area contributed by atoms with Crippen molar-refractivity contribution in [2.45, 2.75) is 58.4 Å². The standard InChI is InChI=1S/C17H35N3/c1-16(2)14-18-9-5-3-6-10-19-12-13-20-11-7-4-8-17(20)15-19/h16-18H,3-15H2,1-2H3. The van der Waals surface area contributed by atoms with Gasteiger partial charge < -0.3 is 10.2 Å². The van der Waals surface area contributed by atoms with Crippen LogP contribution < -0.4 is 5.32 Å². The van der Waals surface area contributed by atoms with Gasteiger partial charge in [0, 0.05) is 25.7 Å². The van der Waals surface area contributed by atoms with E-state index in [1.165, 1.54) is 84.3 Å². The molecule has 3 heteroatoms. The third kappa shape index (κ3) is 5.71. The van der Waals surface area contributed by atoms with Crippen LogP contribution in [0, 0.1) is 5.92 Å². The molecule has 2 heterocycles. The quantitative estimate of drug-likeness (QED) is 0.690. The summed E-state index contributed by atoms with van der Waals surface area (Å²) in [6.07, 6.45) is 8.44. The molecule has 20 heavy (non-hydrogen) atoms. The van der Waals surface area contributed by atoms with E-state index in [1.807, 2.05) is 0 Å². The number of unbranched alkanes of at least 4 members (excludes halogenated alkanes) is 2. The molecule has 0 bridgehead atoms. The SMILES string of the molecule is CC(C)CNCCCCCN1CCN2CCCCC2C1. The Labute approximate surface area is 126 Å². The van der Waals surface area contributed by atoms with Crippen molar-refractivity contribution in [2.24, 2.45) is 5.92 Å². The van der Waals surface area contributed by atoms with Crippen LogP contribution in [0.3, 0.4) is 0 Å². The largest absolute Gasteiger partial charge is 0.316 e. The lowest BCUT2D eigenvalue weighted by atomic mass is 9.99.